The molecule has 0 aliphatic carbocycles. The number of amides is 1. The largest absolute Gasteiger partial charge is 0.370 e. The molecule has 6 heteroatoms. The molecule has 1 fully saturated rings. The third-order valence-corrected chi connectivity index (χ3v) is 4.44. The lowest BCUT2D eigenvalue weighted by molar-refractivity contribution is 0.102. The van der Waals surface area contributed by atoms with Crippen LogP contribution in [0.25, 0.3) is 11.0 Å². The normalized spacial score (nSPS) is 17.1. The summed E-state index contributed by atoms with van der Waals surface area (Å²) >= 11 is 0. The highest BCUT2D eigenvalue weighted by Crippen LogP contribution is 2.28. The molecule has 0 bridgehead atoms. The monoisotopic (exact) mass is 336 g/mol. The van der Waals surface area contributed by atoms with Crippen LogP contribution in [0.2, 0.25) is 0 Å². The zero-order valence-electron chi connectivity index (χ0n) is 13.8. The van der Waals surface area contributed by atoms with Crippen LogP contribution in [0.1, 0.15) is 40.7 Å². The topological polar surface area (TPSA) is 93.0 Å². The first-order valence-electron chi connectivity index (χ1n) is 8.44. The van der Waals surface area contributed by atoms with Crippen LogP contribution in [-0.4, -0.2) is 22.5 Å². The summed E-state index contributed by atoms with van der Waals surface area (Å²) in [5, 5.41) is 2.92. The van der Waals surface area contributed by atoms with Crippen molar-refractivity contribution in [1.29, 1.82) is 0 Å². The summed E-state index contributed by atoms with van der Waals surface area (Å²) in [7, 11) is 0. The molecule has 6 nitrogen and oxygen atoms in total. The Morgan fingerprint density at radius 2 is 2.12 bits per heavy atom. The number of hydrogen-bond acceptors (Lipinski definition) is 4. The van der Waals surface area contributed by atoms with Gasteiger partial charge in [0.1, 0.15) is 11.9 Å². The highest BCUT2D eigenvalue weighted by atomic mass is 16.5. The molecule has 4 N–H and O–H groups in total. The van der Waals surface area contributed by atoms with Crippen LogP contribution >= 0.6 is 0 Å². The molecule has 3 aromatic rings. The van der Waals surface area contributed by atoms with Gasteiger partial charge < -0.3 is 20.8 Å². The van der Waals surface area contributed by atoms with Gasteiger partial charge in [-0.05, 0) is 48.7 Å². The Bertz CT molecular complexity index is 895. The SMILES string of the molecule is NCc1ccc(C(=O)Nc2ccc3nc(C4CCCO4)[nH]c3c2)cc1. The number of nitrogens with one attached hydrogen (secondary N) is 2. The third kappa shape index (κ3) is 3.26. The second-order valence-electron chi connectivity index (χ2n) is 6.21. The van der Waals surface area contributed by atoms with Crippen LogP contribution in [0, 0.1) is 0 Å². The number of ether oxygens (including phenoxy) is 1. The number of fused-ring (bicyclic) bond motifs is 1. The quantitative estimate of drug-likeness (QED) is 0.682. The van der Waals surface area contributed by atoms with Gasteiger partial charge >= 0.3 is 0 Å². The fourth-order valence-electron chi connectivity index (χ4n) is 3.05. The van der Waals surface area contributed by atoms with Crippen LogP contribution in [0.15, 0.2) is 42.5 Å². The molecule has 1 aliphatic heterocycles. The number of benzene rings is 2. The summed E-state index contributed by atoms with van der Waals surface area (Å²) in [4.78, 5) is 20.3. The molecule has 2 aromatic carbocycles. The molecule has 1 aromatic heterocycles. The Kier molecular flexibility index (Phi) is 4.21. The van der Waals surface area contributed by atoms with Crippen LogP contribution in [0.3, 0.4) is 0 Å². The summed E-state index contributed by atoms with van der Waals surface area (Å²) in [6, 6.07) is 12.9. The maximum Gasteiger partial charge on any atom is 0.255 e. The van der Waals surface area contributed by atoms with E-state index in [-0.39, 0.29) is 12.0 Å². The third-order valence-electron chi connectivity index (χ3n) is 4.44. The van der Waals surface area contributed by atoms with E-state index >= 15 is 0 Å². The first-order chi connectivity index (χ1) is 12.2. The predicted molar refractivity (Wildman–Crippen MR) is 96.3 cm³/mol. The molecule has 25 heavy (non-hydrogen) atoms. The molecule has 1 unspecified atom stereocenters. The number of aromatic amines is 1. The number of carbonyl (C=O) groups excluding carboxylic acids is 1. The maximum atomic E-state index is 12.4. The summed E-state index contributed by atoms with van der Waals surface area (Å²) in [6.45, 7) is 1.25. The lowest BCUT2D eigenvalue weighted by Gasteiger charge is -2.06. The number of carbonyl (C=O) groups is 1. The number of imidazole rings is 1. The second-order valence-corrected chi connectivity index (χ2v) is 6.21. The summed E-state index contributed by atoms with van der Waals surface area (Å²) in [5.41, 5.74) is 9.66. The van der Waals surface area contributed by atoms with Gasteiger partial charge in [-0.3, -0.25) is 4.79 Å². The molecule has 1 atom stereocenters. The first-order valence-corrected chi connectivity index (χ1v) is 8.44. The zero-order chi connectivity index (χ0) is 17.2. The van der Waals surface area contributed by atoms with E-state index in [1.54, 1.807) is 12.1 Å². The number of nitrogens with zero attached hydrogens (tertiary/aromatic N) is 1. The van der Waals surface area contributed by atoms with E-state index in [2.05, 4.69) is 15.3 Å². The molecule has 128 valence electrons. The molecule has 4 rings (SSSR count). The van der Waals surface area contributed by atoms with Crippen LogP contribution in [0.4, 0.5) is 5.69 Å². The van der Waals surface area contributed by atoms with Gasteiger partial charge in [-0.1, -0.05) is 12.1 Å². The lowest BCUT2D eigenvalue weighted by Crippen LogP contribution is -2.12. The van der Waals surface area contributed by atoms with Crippen molar-refractivity contribution in [2.75, 3.05) is 11.9 Å². The molecule has 1 aliphatic rings. The summed E-state index contributed by atoms with van der Waals surface area (Å²) < 4.78 is 5.67. The fourth-order valence-corrected chi connectivity index (χ4v) is 3.05. The number of rotatable bonds is 4. The zero-order valence-corrected chi connectivity index (χ0v) is 13.8. The summed E-state index contributed by atoms with van der Waals surface area (Å²) in [6.07, 6.45) is 2.10. The average Bonchev–Trinajstić information content (AvgIpc) is 3.30. The number of H-pyrrole nitrogens is 1. The van der Waals surface area contributed by atoms with Gasteiger partial charge in [0.05, 0.1) is 11.0 Å². The van der Waals surface area contributed by atoms with Crippen molar-refractivity contribution in [2.45, 2.75) is 25.5 Å². The van der Waals surface area contributed by atoms with Gasteiger partial charge in [0, 0.05) is 24.4 Å². The van der Waals surface area contributed by atoms with Crippen molar-refractivity contribution in [2.24, 2.45) is 5.73 Å². The summed E-state index contributed by atoms with van der Waals surface area (Å²) in [5.74, 6) is 0.704. The highest BCUT2D eigenvalue weighted by molar-refractivity contribution is 6.05. The number of anilines is 1. The lowest BCUT2D eigenvalue weighted by atomic mass is 10.1. The van der Waals surface area contributed by atoms with E-state index in [4.69, 9.17) is 10.5 Å². The van der Waals surface area contributed by atoms with E-state index < -0.39 is 0 Å². The first kappa shape index (κ1) is 15.8. The van der Waals surface area contributed by atoms with E-state index in [1.807, 2.05) is 30.3 Å². The number of aromatic nitrogens is 2. The highest BCUT2D eigenvalue weighted by Gasteiger charge is 2.21. The van der Waals surface area contributed by atoms with Crippen molar-refractivity contribution in [3.8, 4) is 0 Å². The minimum atomic E-state index is -0.151. The van der Waals surface area contributed by atoms with Gasteiger partial charge in [0.25, 0.3) is 5.91 Å². The van der Waals surface area contributed by atoms with Gasteiger partial charge in [-0.15, -0.1) is 0 Å². The number of hydrogen-bond donors (Lipinski definition) is 3. The van der Waals surface area contributed by atoms with E-state index in [9.17, 15) is 4.79 Å². The Hall–Kier alpha value is -2.70. The maximum absolute atomic E-state index is 12.4. The fraction of sp³-hybridized carbons (Fsp3) is 0.263. The molecular weight excluding hydrogens is 316 g/mol. The van der Waals surface area contributed by atoms with E-state index in [0.717, 1.165) is 47.6 Å². The minimum Gasteiger partial charge on any atom is -0.370 e. The molecular formula is C19H20N4O2. The van der Waals surface area contributed by atoms with E-state index in [0.29, 0.717) is 12.1 Å². The van der Waals surface area contributed by atoms with E-state index in [1.165, 1.54) is 0 Å². The smallest absolute Gasteiger partial charge is 0.255 e. The molecule has 2 heterocycles. The van der Waals surface area contributed by atoms with Crippen molar-refractivity contribution in [1.82, 2.24) is 9.97 Å². The standard InChI is InChI=1S/C19H20N4O2/c20-11-12-3-5-13(6-4-12)19(24)21-14-7-8-15-16(10-14)23-18(22-15)17-2-1-9-25-17/h3-8,10,17H,1-2,9,11,20H2,(H,21,24)(H,22,23). The molecule has 0 spiro atoms. The molecule has 1 saturated heterocycles. The van der Waals surface area contributed by atoms with Gasteiger partial charge in [-0.2, -0.15) is 0 Å². The predicted octanol–water partition coefficient (Wildman–Crippen LogP) is 3.13. The van der Waals surface area contributed by atoms with Gasteiger partial charge in [-0.25, -0.2) is 4.98 Å². The van der Waals surface area contributed by atoms with Crippen molar-refractivity contribution >= 4 is 22.6 Å². The molecule has 1 amide bonds. The van der Waals surface area contributed by atoms with Gasteiger partial charge in [0.2, 0.25) is 0 Å². The Balaban J connectivity index is 1.53. The van der Waals surface area contributed by atoms with Crippen molar-refractivity contribution in [3.63, 3.8) is 0 Å². The molecule has 0 radical (unpaired) electrons. The Labute approximate surface area is 145 Å². The van der Waals surface area contributed by atoms with Crippen molar-refractivity contribution in [3.05, 3.63) is 59.4 Å². The minimum absolute atomic E-state index is 0.0477. The average molecular weight is 336 g/mol. The van der Waals surface area contributed by atoms with Crippen LogP contribution in [0.5, 0.6) is 0 Å². The van der Waals surface area contributed by atoms with Crippen molar-refractivity contribution < 1.29 is 9.53 Å². The Morgan fingerprint density at radius 3 is 2.84 bits per heavy atom. The molecule has 0 saturated carbocycles. The van der Waals surface area contributed by atoms with Crippen LogP contribution < -0.4 is 11.1 Å². The second kappa shape index (κ2) is 6.66. The van der Waals surface area contributed by atoms with Gasteiger partial charge in [0.15, 0.2) is 0 Å². The Morgan fingerprint density at radius 1 is 1.28 bits per heavy atom. The number of nitrogens with two attached hydrogens (primary N) is 1. The van der Waals surface area contributed by atoms with Crippen LogP contribution in [-0.2, 0) is 11.3 Å².